The van der Waals surface area contributed by atoms with Gasteiger partial charge in [0.05, 0.1) is 29.7 Å². The summed E-state index contributed by atoms with van der Waals surface area (Å²) in [6, 6.07) is 11.1. The number of benzene rings is 1. The van der Waals surface area contributed by atoms with Crippen molar-refractivity contribution in [2.75, 3.05) is 23.4 Å². The number of carbonyl (C=O) groups excluding carboxylic acids is 1. The monoisotopic (exact) mass is 516 g/mol. The molecule has 4 rings (SSSR count). The molecule has 0 fully saturated rings. The van der Waals surface area contributed by atoms with Gasteiger partial charge in [-0.1, -0.05) is 6.92 Å². The summed E-state index contributed by atoms with van der Waals surface area (Å²) < 4.78 is 11.4. The van der Waals surface area contributed by atoms with Gasteiger partial charge in [-0.15, -0.1) is 0 Å². The molecule has 10 heteroatoms. The van der Waals surface area contributed by atoms with Gasteiger partial charge in [0.2, 0.25) is 11.8 Å². The third kappa shape index (κ3) is 5.53. The normalized spacial score (nSPS) is 16.7. The number of rotatable bonds is 6. The Morgan fingerprint density at radius 1 is 1.26 bits per heavy atom. The summed E-state index contributed by atoms with van der Waals surface area (Å²) in [6.07, 6.45) is 2.63. The molecule has 3 heterocycles. The minimum atomic E-state index is -0.791. The van der Waals surface area contributed by atoms with E-state index < -0.39 is 17.1 Å². The van der Waals surface area contributed by atoms with Crippen molar-refractivity contribution in [3.05, 3.63) is 53.9 Å². The number of carbonyl (C=O) groups is 1. The van der Waals surface area contributed by atoms with Gasteiger partial charge in [-0.3, -0.25) is 4.90 Å². The van der Waals surface area contributed by atoms with Gasteiger partial charge in [-0.25, -0.2) is 19.7 Å². The molecule has 1 aliphatic heterocycles. The van der Waals surface area contributed by atoms with Crippen molar-refractivity contribution >= 4 is 23.4 Å². The number of anilines is 3. The van der Waals surface area contributed by atoms with Crippen molar-refractivity contribution in [3.8, 4) is 23.2 Å². The van der Waals surface area contributed by atoms with Crippen LogP contribution in [0.5, 0.6) is 5.88 Å². The van der Waals surface area contributed by atoms with Gasteiger partial charge < -0.3 is 19.9 Å². The average molecular weight is 517 g/mol. The highest BCUT2D eigenvalue weighted by atomic mass is 16.6. The third-order valence-electron chi connectivity index (χ3n) is 5.94. The highest BCUT2D eigenvalue weighted by molar-refractivity contribution is 5.95. The van der Waals surface area contributed by atoms with Crippen molar-refractivity contribution in [2.45, 2.75) is 58.7 Å². The first kappa shape index (κ1) is 26.8. The molecule has 1 atom stereocenters. The molecule has 0 aliphatic carbocycles. The van der Waals surface area contributed by atoms with Crippen molar-refractivity contribution in [3.63, 3.8) is 0 Å². The van der Waals surface area contributed by atoms with Crippen LogP contribution in [0.2, 0.25) is 0 Å². The predicted molar refractivity (Wildman–Crippen MR) is 143 cm³/mol. The number of hydrogen-bond acceptors (Lipinski definition) is 9. The summed E-state index contributed by atoms with van der Waals surface area (Å²) in [4.78, 5) is 27.7. The van der Waals surface area contributed by atoms with Crippen molar-refractivity contribution in [1.82, 2.24) is 15.0 Å². The molecule has 0 bridgehead atoms. The van der Waals surface area contributed by atoms with E-state index in [4.69, 9.17) is 9.47 Å². The molecular formula is C28H32N6O4. The molecular weight excluding hydrogens is 484 g/mol. The molecule has 10 nitrogen and oxygen atoms in total. The number of amides is 1. The summed E-state index contributed by atoms with van der Waals surface area (Å²) in [5.41, 5.74) is 1.74. The number of aliphatic hydroxyl groups excluding tert-OH is 1. The number of nitriles is 1. The number of nitrogens with one attached hydrogen (secondary N) is 1. The van der Waals surface area contributed by atoms with Gasteiger partial charge >= 0.3 is 6.09 Å². The fraction of sp³-hybridized carbons (Fsp3) is 0.393. The lowest BCUT2D eigenvalue weighted by molar-refractivity contribution is 0.0575. The first-order valence-electron chi connectivity index (χ1n) is 12.4. The topological polar surface area (TPSA) is 133 Å². The number of ether oxygens (including phenoxy) is 2. The van der Waals surface area contributed by atoms with E-state index in [-0.39, 0.29) is 24.8 Å². The van der Waals surface area contributed by atoms with Gasteiger partial charge in [0.25, 0.3) is 0 Å². The van der Waals surface area contributed by atoms with Crippen molar-refractivity contribution in [1.29, 1.82) is 5.26 Å². The van der Waals surface area contributed by atoms with Crippen LogP contribution in [-0.4, -0.2) is 51.0 Å². The van der Waals surface area contributed by atoms with Crippen molar-refractivity contribution in [2.24, 2.45) is 0 Å². The molecule has 0 saturated carbocycles. The van der Waals surface area contributed by atoms with E-state index in [0.29, 0.717) is 40.0 Å². The lowest BCUT2D eigenvalue weighted by Gasteiger charge is -2.26. The lowest BCUT2D eigenvalue weighted by atomic mass is 9.83. The number of aliphatic hydroxyl groups is 1. The van der Waals surface area contributed by atoms with Gasteiger partial charge in [-0.2, -0.15) is 5.26 Å². The molecule has 198 valence electrons. The molecule has 1 aromatic carbocycles. The zero-order valence-corrected chi connectivity index (χ0v) is 22.4. The Kier molecular flexibility index (Phi) is 7.24. The van der Waals surface area contributed by atoms with E-state index in [0.717, 1.165) is 0 Å². The van der Waals surface area contributed by atoms with Crippen LogP contribution in [0.3, 0.4) is 0 Å². The Bertz CT molecular complexity index is 1390. The number of aromatic nitrogens is 3. The number of nitrogens with zero attached hydrogens (tertiary/aromatic N) is 5. The van der Waals surface area contributed by atoms with E-state index in [1.165, 1.54) is 4.90 Å². The quantitative estimate of drug-likeness (QED) is 0.467. The molecule has 38 heavy (non-hydrogen) atoms. The maximum atomic E-state index is 13.0. The molecule has 1 amide bonds. The zero-order valence-electron chi connectivity index (χ0n) is 22.4. The molecule has 0 radical (unpaired) electrons. The molecule has 2 N–H and O–H groups in total. The highest BCUT2D eigenvalue weighted by Crippen LogP contribution is 2.45. The second kappa shape index (κ2) is 10.3. The standard InChI is InChI=1S/C28H32N6O4/c1-17(2)37-24-22(8-7-10-30-24)33-25-31-11-9-21(32-25)18-12-19(14-29)23-20(13-18)28(6,16-35)15-34(23)26(36)38-27(3,4)5/h7-13,17,35H,15-16H2,1-6H3,(H,31,32,33)/t28-/m1/s1. The number of fused-ring (bicyclic) bond motifs is 1. The predicted octanol–water partition coefficient (Wildman–Crippen LogP) is 4.95. The summed E-state index contributed by atoms with van der Waals surface area (Å²) in [5.74, 6) is 0.755. The second-order valence-corrected chi connectivity index (χ2v) is 10.7. The van der Waals surface area contributed by atoms with Crippen LogP contribution >= 0.6 is 0 Å². The average Bonchev–Trinajstić information content (AvgIpc) is 3.17. The second-order valence-electron chi connectivity index (χ2n) is 10.7. The van der Waals surface area contributed by atoms with E-state index in [9.17, 15) is 15.2 Å². The van der Waals surface area contributed by atoms with Crippen molar-refractivity contribution < 1.29 is 19.4 Å². The maximum absolute atomic E-state index is 13.0. The fourth-order valence-corrected chi connectivity index (χ4v) is 4.24. The van der Waals surface area contributed by atoms with Crippen LogP contribution in [-0.2, 0) is 10.2 Å². The fourth-order valence-electron chi connectivity index (χ4n) is 4.24. The Morgan fingerprint density at radius 2 is 2.03 bits per heavy atom. The smallest absolute Gasteiger partial charge is 0.414 e. The van der Waals surface area contributed by atoms with E-state index >= 15 is 0 Å². The maximum Gasteiger partial charge on any atom is 0.414 e. The van der Waals surface area contributed by atoms with Crippen LogP contribution in [0.25, 0.3) is 11.3 Å². The van der Waals surface area contributed by atoms with Crippen LogP contribution in [0.1, 0.15) is 52.7 Å². The van der Waals surface area contributed by atoms with E-state index in [1.54, 1.807) is 51.4 Å². The molecule has 0 unspecified atom stereocenters. The minimum Gasteiger partial charge on any atom is -0.473 e. The van der Waals surface area contributed by atoms with E-state index in [1.807, 2.05) is 32.9 Å². The van der Waals surface area contributed by atoms with Gasteiger partial charge in [-0.05, 0) is 70.5 Å². The first-order valence-corrected chi connectivity index (χ1v) is 12.4. The van der Waals surface area contributed by atoms with Gasteiger partial charge in [0.1, 0.15) is 17.4 Å². The van der Waals surface area contributed by atoms with Crippen LogP contribution in [0, 0.1) is 11.3 Å². The Labute approximate surface area is 222 Å². The molecule has 0 saturated heterocycles. The van der Waals surface area contributed by atoms with Gasteiger partial charge in [0, 0.05) is 29.9 Å². The third-order valence-corrected chi connectivity index (χ3v) is 5.94. The summed E-state index contributed by atoms with van der Waals surface area (Å²) in [7, 11) is 0. The molecule has 0 spiro atoms. The number of hydrogen-bond donors (Lipinski definition) is 2. The van der Waals surface area contributed by atoms with Crippen LogP contribution < -0.4 is 15.0 Å². The number of pyridine rings is 1. The molecule has 2 aromatic heterocycles. The summed E-state index contributed by atoms with van der Waals surface area (Å²) in [6.45, 7) is 11.0. The Morgan fingerprint density at radius 3 is 2.68 bits per heavy atom. The van der Waals surface area contributed by atoms with Crippen LogP contribution in [0.15, 0.2) is 42.7 Å². The van der Waals surface area contributed by atoms with E-state index in [2.05, 4.69) is 26.3 Å². The SMILES string of the molecule is CC(C)Oc1ncccc1Nc1nccc(-c2cc(C#N)c3c(c2)[C@@](C)(CO)CN3C(=O)OC(C)(C)C)n1. The zero-order chi connectivity index (χ0) is 27.7. The summed E-state index contributed by atoms with van der Waals surface area (Å²) >= 11 is 0. The first-order chi connectivity index (χ1) is 17.9. The Balaban J connectivity index is 1.74. The summed E-state index contributed by atoms with van der Waals surface area (Å²) in [5, 5.41) is 23.5. The Hall–Kier alpha value is -4.23. The lowest BCUT2D eigenvalue weighted by Crippen LogP contribution is -2.40. The highest BCUT2D eigenvalue weighted by Gasteiger charge is 2.44. The largest absolute Gasteiger partial charge is 0.473 e. The molecule has 3 aromatic rings. The van der Waals surface area contributed by atoms with Crippen LogP contribution in [0.4, 0.5) is 22.1 Å². The van der Waals surface area contributed by atoms with Gasteiger partial charge in [0.15, 0.2) is 0 Å². The minimum absolute atomic E-state index is 0.0606. The molecule has 1 aliphatic rings.